The molecule has 1 N–H and O–H groups in total. The van der Waals surface area contributed by atoms with Crippen LogP contribution in [0.3, 0.4) is 0 Å². The molecular formula is C21H22N6O. The molecule has 5 rings (SSSR count). The van der Waals surface area contributed by atoms with Crippen LogP contribution in [0.4, 0.5) is 0 Å². The van der Waals surface area contributed by atoms with Crippen LogP contribution in [0.5, 0.6) is 0 Å². The van der Waals surface area contributed by atoms with E-state index in [1.165, 1.54) is 11.1 Å². The van der Waals surface area contributed by atoms with E-state index in [1.807, 2.05) is 4.90 Å². The first-order valence-corrected chi connectivity index (χ1v) is 9.68. The molecule has 142 valence electrons. The van der Waals surface area contributed by atoms with Gasteiger partial charge in [-0.1, -0.05) is 0 Å². The van der Waals surface area contributed by atoms with Gasteiger partial charge in [-0.15, -0.1) is 0 Å². The Balaban J connectivity index is 1.54. The molecule has 1 atom stereocenters. The van der Waals surface area contributed by atoms with E-state index in [2.05, 4.69) is 41.0 Å². The van der Waals surface area contributed by atoms with Crippen LogP contribution in [-0.4, -0.2) is 41.9 Å². The predicted octanol–water partition coefficient (Wildman–Crippen LogP) is 3.59. The summed E-state index contributed by atoms with van der Waals surface area (Å²) in [6.07, 6.45) is 8.07. The van der Waals surface area contributed by atoms with Gasteiger partial charge in [0.25, 0.3) is 5.91 Å². The largest absolute Gasteiger partial charge is 0.340 e. The molecule has 28 heavy (non-hydrogen) atoms. The molecule has 0 aliphatic carbocycles. The summed E-state index contributed by atoms with van der Waals surface area (Å²) in [4.78, 5) is 27.9. The van der Waals surface area contributed by atoms with E-state index in [4.69, 9.17) is 4.98 Å². The highest BCUT2D eigenvalue weighted by molar-refractivity contribution is 5.99. The Labute approximate surface area is 162 Å². The summed E-state index contributed by atoms with van der Waals surface area (Å²) in [6, 6.07) is 5.98. The van der Waals surface area contributed by atoms with Crippen LogP contribution in [0.2, 0.25) is 0 Å². The molecule has 1 fully saturated rings. The summed E-state index contributed by atoms with van der Waals surface area (Å²) < 4.78 is 1.64. The first-order chi connectivity index (χ1) is 13.6. The summed E-state index contributed by atoms with van der Waals surface area (Å²) in [5, 5.41) is 4.27. The topological polar surface area (TPSA) is 79.2 Å². The summed E-state index contributed by atoms with van der Waals surface area (Å²) in [5.41, 5.74) is 5.56. The lowest BCUT2D eigenvalue weighted by atomic mass is 10.0. The van der Waals surface area contributed by atoms with Gasteiger partial charge in [0.1, 0.15) is 11.4 Å². The Kier molecular flexibility index (Phi) is 3.89. The number of imidazole rings is 1. The van der Waals surface area contributed by atoms with E-state index in [0.717, 1.165) is 36.1 Å². The second-order valence-electron chi connectivity index (χ2n) is 7.53. The first kappa shape index (κ1) is 16.9. The van der Waals surface area contributed by atoms with E-state index in [1.54, 1.807) is 29.2 Å². The molecule has 1 saturated heterocycles. The van der Waals surface area contributed by atoms with Gasteiger partial charge < -0.3 is 9.88 Å². The number of carbonyl (C=O) groups excluding carboxylic acids is 1. The molecule has 4 aromatic rings. The Morgan fingerprint density at radius 1 is 1.21 bits per heavy atom. The second kappa shape index (κ2) is 6.44. The number of hydrogen-bond acceptors (Lipinski definition) is 4. The van der Waals surface area contributed by atoms with Gasteiger partial charge in [0, 0.05) is 18.9 Å². The SMILES string of the molecule is Cc1cc2nc(C3CCCCN3C(=O)c3cnn4cccnc34)[nH]c2cc1C. The number of aryl methyl sites for hydroxylation is 2. The minimum Gasteiger partial charge on any atom is -0.340 e. The molecule has 1 unspecified atom stereocenters. The molecule has 1 aliphatic rings. The molecule has 1 aromatic carbocycles. The first-order valence-electron chi connectivity index (χ1n) is 9.68. The molecule has 0 saturated carbocycles. The number of piperidine rings is 1. The number of nitrogens with zero attached hydrogens (tertiary/aromatic N) is 5. The number of hydrogen-bond donors (Lipinski definition) is 1. The van der Waals surface area contributed by atoms with Gasteiger partial charge >= 0.3 is 0 Å². The standard InChI is InChI=1S/C21H22N6O/c1-13-10-16-17(11-14(13)2)25-19(24-16)18-6-3-4-8-26(18)21(28)15-12-23-27-9-5-7-22-20(15)27/h5,7,9-12,18H,3-4,6,8H2,1-2H3,(H,24,25). The lowest BCUT2D eigenvalue weighted by Crippen LogP contribution is -2.39. The van der Waals surface area contributed by atoms with Crippen LogP contribution < -0.4 is 0 Å². The number of amides is 1. The highest BCUT2D eigenvalue weighted by atomic mass is 16.2. The molecule has 7 heteroatoms. The Bertz CT molecular complexity index is 1150. The number of aromatic nitrogens is 5. The highest BCUT2D eigenvalue weighted by Gasteiger charge is 2.32. The lowest BCUT2D eigenvalue weighted by Gasteiger charge is -2.34. The number of likely N-dealkylation sites (tertiary alicyclic amines) is 1. The third kappa shape index (κ3) is 2.66. The molecule has 0 bridgehead atoms. The van der Waals surface area contributed by atoms with E-state index >= 15 is 0 Å². The monoisotopic (exact) mass is 374 g/mol. The van der Waals surface area contributed by atoms with Crippen molar-refractivity contribution in [2.45, 2.75) is 39.2 Å². The number of fused-ring (bicyclic) bond motifs is 2. The van der Waals surface area contributed by atoms with Crippen LogP contribution in [0.15, 0.2) is 36.8 Å². The lowest BCUT2D eigenvalue weighted by molar-refractivity contribution is 0.0603. The minimum atomic E-state index is -0.0621. The number of H-pyrrole nitrogens is 1. The molecule has 4 heterocycles. The summed E-state index contributed by atoms with van der Waals surface area (Å²) >= 11 is 0. The molecule has 3 aromatic heterocycles. The fraction of sp³-hybridized carbons (Fsp3) is 0.333. The third-order valence-corrected chi connectivity index (χ3v) is 5.70. The quantitative estimate of drug-likeness (QED) is 0.581. The van der Waals surface area contributed by atoms with Gasteiger partial charge in [-0.05, 0) is 62.4 Å². The number of carbonyl (C=O) groups is 1. The van der Waals surface area contributed by atoms with E-state index < -0.39 is 0 Å². The molecule has 1 aliphatic heterocycles. The normalized spacial score (nSPS) is 17.5. The summed E-state index contributed by atoms with van der Waals surface area (Å²) in [5.74, 6) is 0.823. The maximum atomic E-state index is 13.4. The van der Waals surface area contributed by atoms with Crippen molar-refractivity contribution in [3.63, 3.8) is 0 Å². The van der Waals surface area contributed by atoms with Crippen molar-refractivity contribution in [1.29, 1.82) is 0 Å². The van der Waals surface area contributed by atoms with Gasteiger partial charge in [-0.25, -0.2) is 14.5 Å². The minimum absolute atomic E-state index is 0.0359. The maximum absolute atomic E-state index is 13.4. The highest BCUT2D eigenvalue weighted by Crippen LogP contribution is 2.32. The third-order valence-electron chi connectivity index (χ3n) is 5.70. The number of benzene rings is 1. The Hall–Kier alpha value is -3.22. The molecule has 0 spiro atoms. The molecular weight excluding hydrogens is 352 g/mol. The van der Waals surface area contributed by atoms with Crippen LogP contribution >= 0.6 is 0 Å². The smallest absolute Gasteiger partial charge is 0.259 e. The zero-order valence-electron chi connectivity index (χ0n) is 16.0. The number of nitrogens with one attached hydrogen (secondary N) is 1. The van der Waals surface area contributed by atoms with Crippen molar-refractivity contribution < 1.29 is 4.79 Å². The van der Waals surface area contributed by atoms with Gasteiger partial charge in [-0.3, -0.25) is 4.79 Å². The van der Waals surface area contributed by atoms with Crippen molar-refractivity contribution in [3.05, 3.63) is 59.3 Å². The van der Waals surface area contributed by atoms with Crippen molar-refractivity contribution in [3.8, 4) is 0 Å². The van der Waals surface area contributed by atoms with Crippen molar-refractivity contribution >= 4 is 22.6 Å². The number of aromatic amines is 1. The summed E-state index contributed by atoms with van der Waals surface area (Å²) in [7, 11) is 0. The van der Waals surface area contributed by atoms with Crippen LogP contribution in [0.25, 0.3) is 16.7 Å². The summed E-state index contributed by atoms with van der Waals surface area (Å²) in [6.45, 7) is 4.91. The van der Waals surface area contributed by atoms with Crippen LogP contribution in [0.1, 0.15) is 52.6 Å². The molecule has 7 nitrogen and oxygen atoms in total. The predicted molar refractivity (Wildman–Crippen MR) is 106 cm³/mol. The van der Waals surface area contributed by atoms with Crippen molar-refractivity contribution in [2.24, 2.45) is 0 Å². The Morgan fingerprint density at radius 2 is 2.07 bits per heavy atom. The van der Waals surface area contributed by atoms with Crippen LogP contribution in [-0.2, 0) is 0 Å². The Morgan fingerprint density at radius 3 is 2.96 bits per heavy atom. The maximum Gasteiger partial charge on any atom is 0.259 e. The van der Waals surface area contributed by atoms with Gasteiger partial charge in [-0.2, -0.15) is 5.10 Å². The second-order valence-corrected chi connectivity index (χ2v) is 7.53. The molecule has 0 radical (unpaired) electrons. The zero-order chi connectivity index (χ0) is 19.3. The fourth-order valence-corrected chi connectivity index (χ4v) is 4.04. The average Bonchev–Trinajstić information content (AvgIpc) is 3.32. The van der Waals surface area contributed by atoms with Crippen LogP contribution in [0, 0.1) is 13.8 Å². The van der Waals surface area contributed by atoms with Gasteiger partial charge in [0.2, 0.25) is 0 Å². The molecule has 1 amide bonds. The van der Waals surface area contributed by atoms with E-state index in [-0.39, 0.29) is 11.9 Å². The van der Waals surface area contributed by atoms with Gasteiger partial charge in [0.15, 0.2) is 5.65 Å². The number of rotatable bonds is 2. The van der Waals surface area contributed by atoms with E-state index in [0.29, 0.717) is 17.8 Å². The zero-order valence-corrected chi connectivity index (χ0v) is 16.0. The average molecular weight is 374 g/mol. The fourth-order valence-electron chi connectivity index (χ4n) is 4.04. The van der Waals surface area contributed by atoms with Crippen molar-refractivity contribution in [2.75, 3.05) is 6.54 Å². The van der Waals surface area contributed by atoms with E-state index in [9.17, 15) is 4.79 Å². The van der Waals surface area contributed by atoms with Crippen molar-refractivity contribution in [1.82, 2.24) is 29.5 Å². The van der Waals surface area contributed by atoms with Gasteiger partial charge in [0.05, 0.1) is 23.3 Å².